The summed E-state index contributed by atoms with van der Waals surface area (Å²) in [6.07, 6.45) is 7.00. The number of benzene rings is 1. The van der Waals surface area contributed by atoms with Crippen LogP contribution < -0.4 is 0 Å². The van der Waals surface area contributed by atoms with Gasteiger partial charge in [-0.15, -0.1) is 11.8 Å². The van der Waals surface area contributed by atoms with E-state index >= 15 is 0 Å². The van der Waals surface area contributed by atoms with Crippen molar-refractivity contribution in [2.45, 2.75) is 23.5 Å². The van der Waals surface area contributed by atoms with E-state index in [-0.39, 0.29) is 0 Å². The third-order valence-corrected chi connectivity index (χ3v) is 4.80. The predicted molar refractivity (Wildman–Crippen MR) is 101 cm³/mol. The lowest BCUT2D eigenvalue weighted by molar-refractivity contribution is -0.138. The van der Waals surface area contributed by atoms with Gasteiger partial charge in [0.05, 0.1) is 0 Å². The van der Waals surface area contributed by atoms with Crippen molar-refractivity contribution in [3.8, 4) is 11.1 Å². The Kier molecular flexibility index (Phi) is 5.57. The summed E-state index contributed by atoms with van der Waals surface area (Å²) >= 11 is 1.28. The van der Waals surface area contributed by atoms with Gasteiger partial charge >= 0.3 is 5.97 Å². The number of carboxylic acid groups (broad SMARTS) is 1. The third kappa shape index (κ3) is 3.74. The maximum atomic E-state index is 11.5. The van der Waals surface area contributed by atoms with E-state index in [4.69, 9.17) is 0 Å². The number of nitrogens with zero attached hydrogens (tertiary/aromatic N) is 2. The summed E-state index contributed by atoms with van der Waals surface area (Å²) in [7, 11) is 1.72. The monoisotopic (exact) mass is 340 g/mol. The molecular formula is C19H20N2O2S. The fraction of sp³-hybridized carbons (Fsp3) is 0.211. The molecule has 0 amide bonds. The predicted octanol–water partition coefficient (Wildman–Crippen LogP) is 4.40. The van der Waals surface area contributed by atoms with E-state index in [2.05, 4.69) is 16.6 Å². The summed E-state index contributed by atoms with van der Waals surface area (Å²) in [5.74, 6) is -0.863. The molecule has 0 atom stereocenters. The van der Waals surface area contributed by atoms with Gasteiger partial charge in [0.2, 0.25) is 0 Å². The molecular weight excluding hydrogens is 320 g/mol. The van der Waals surface area contributed by atoms with Gasteiger partial charge in [0.25, 0.3) is 0 Å². The molecule has 5 heteroatoms. The molecule has 0 spiro atoms. The smallest absolute Gasteiger partial charge is 0.319 e. The molecule has 0 aliphatic carbocycles. The number of thioether (sulfide) groups is 1. The number of pyridine rings is 1. The Morgan fingerprint density at radius 2 is 2.08 bits per heavy atom. The summed E-state index contributed by atoms with van der Waals surface area (Å²) in [5.41, 5.74) is 3.85. The van der Waals surface area contributed by atoms with Gasteiger partial charge in [0.15, 0.2) is 0 Å². The molecule has 1 aromatic heterocycles. The van der Waals surface area contributed by atoms with Crippen molar-refractivity contribution in [2.75, 3.05) is 7.05 Å². The zero-order chi connectivity index (χ0) is 17.7. The first-order valence-corrected chi connectivity index (χ1v) is 8.26. The third-order valence-electron chi connectivity index (χ3n) is 3.57. The molecule has 24 heavy (non-hydrogen) atoms. The second-order valence-corrected chi connectivity index (χ2v) is 7.35. The van der Waals surface area contributed by atoms with E-state index in [0.717, 1.165) is 27.1 Å². The molecule has 1 N–H and O–H groups in total. The van der Waals surface area contributed by atoms with Crippen LogP contribution in [0, 0.1) is 0 Å². The molecule has 2 aromatic rings. The van der Waals surface area contributed by atoms with Gasteiger partial charge in [0.1, 0.15) is 4.75 Å². The van der Waals surface area contributed by atoms with Crippen molar-refractivity contribution < 1.29 is 9.90 Å². The first kappa shape index (κ1) is 17.9. The van der Waals surface area contributed by atoms with E-state index in [9.17, 15) is 9.90 Å². The first-order chi connectivity index (χ1) is 11.4. The molecule has 0 aliphatic rings. The SMILES string of the molecule is C=Cc1c(C=NC)cccc1-c1ccncc1SC(C)(C)C(=O)O. The Morgan fingerprint density at radius 1 is 1.33 bits per heavy atom. The molecule has 0 fully saturated rings. The van der Waals surface area contributed by atoms with Crippen LogP contribution in [0.3, 0.4) is 0 Å². The van der Waals surface area contributed by atoms with Gasteiger partial charge in [0, 0.05) is 36.1 Å². The van der Waals surface area contributed by atoms with Crippen LogP contribution >= 0.6 is 11.8 Å². The highest BCUT2D eigenvalue weighted by Gasteiger charge is 2.29. The molecule has 0 unspecified atom stereocenters. The molecule has 1 aromatic carbocycles. The van der Waals surface area contributed by atoms with Crippen LogP contribution in [-0.4, -0.2) is 34.1 Å². The molecule has 2 rings (SSSR count). The summed E-state index contributed by atoms with van der Waals surface area (Å²) < 4.78 is -0.950. The number of carboxylic acids is 1. The summed E-state index contributed by atoms with van der Waals surface area (Å²) in [5, 5.41) is 9.40. The van der Waals surface area contributed by atoms with Crippen molar-refractivity contribution in [1.29, 1.82) is 0 Å². The van der Waals surface area contributed by atoms with Crippen LogP contribution in [0.5, 0.6) is 0 Å². The van der Waals surface area contributed by atoms with Crippen LogP contribution in [0.15, 0.2) is 53.1 Å². The van der Waals surface area contributed by atoms with E-state index < -0.39 is 10.7 Å². The molecule has 0 aliphatic heterocycles. The van der Waals surface area contributed by atoms with Crippen LogP contribution in [0.2, 0.25) is 0 Å². The quantitative estimate of drug-likeness (QED) is 0.625. The lowest BCUT2D eigenvalue weighted by atomic mass is 9.96. The average Bonchev–Trinajstić information content (AvgIpc) is 2.55. The van der Waals surface area contributed by atoms with Gasteiger partial charge in [-0.1, -0.05) is 30.9 Å². The van der Waals surface area contributed by atoms with Crippen LogP contribution in [0.1, 0.15) is 25.0 Å². The lowest BCUT2D eigenvalue weighted by Gasteiger charge is -2.21. The fourth-order valence-electron chi connectivity index (χ4n) is 2.30. The maximum absolute atomic E-state index is 11.5. The number of hydrogen-bond acceptors (Lipinski definition) is 4. The summed E-state index contributed by atoms with van der Waals surface area (Å²) in [6, 6.07) is 7.83. The second kappa shape index (κ2) is 7.45. The lowest BCUT2D eigenvalue weighted by Crippen LogP contribution is -2.27. The maximum Gasteiger partial charge on any atom is 0.319 e. The number of aliphatic carboxylic acids is 1. The molecule has 0 saturated heterocycles. The van der Waals surface area contributed by atoms with E-state index in [1.807, 2.05) is 24.3 Å². The van der Waals surface area contributed by atoms with Crippen molar-refractivity contribution in [3.63, 3.8) is 0 Å². The number of hydrogen-bond donors (Lipinski definition) is 1. The van der Waals surface area contributed by atoms with Gasteiger partial charge in [-0.2, -0.15) is 0 Å². The van der Waals surface area contributed by atoms with E-state index in [0.29, 0.717) is 0 Å². The largest absolute Gasteiger partial charge is 0.480 e. The standard InChI is InChI=1S/C19H20N2O2S/c1-5-14-13(11-20-4)7-6-8-15(14)16-9-10-21-12-17(16)24-19(2,3)18(22)23/h5-12H,1H2,2-4H3,(H,22,23). The van der Waals surface area contributed by atoms with Gasteiger partial charge < -0.3 is 5.11 Å². The minimum atomic E-state index is -0.950. The Morgan fingerprint density at radius 3 is 2.71 bits per heavy atom. The average molecular weight is 340 g/mol. The molecule has 124 valence electrons. The summed E-state index contributed by atoms with van der Waals surface area (Å²) in [4.78, 5) is 20.5. The van der Waals surface area contributed by atoms with E-state index in [1.54, 1.807) is 45.6 Å². The number of aromatic nitrogens is 1. The number of aliphatic imine (C=N–C) groups is 1. The highest BCUT2D eigenvalue weighted by atomic mass is 32.2. The molecule has 0 bridgehead atoms. The van der Waals surface area contributed by atoms with Crippen molar-refractivity contribution in [3.05, 3.63) is 54.4 Å². The van der Waals surface area contributed by atoms with Crippen molar-refractivity contribution >= 4 is 30.0 Å². The van der Waals surface area contributed by atoms with Gasteiger partial charge in [-0.05, 0) is 36.6 Å². The molecule has 0 radical (unpaired) electrons. The van der Waals surface area contributed by atoms with Crippen molar-refractivity contribution in [1.82, 2.24) is 4.98 Å². The Balaban J connectivity index is 2.61. The second-order valence-electron chi connectivity index (χ2n) is 5.69. The zero-order valence-corrected chi connectivity index (χ0v) is 14.8. The van der Waals surface area contributed by atoms with Crippen LogP contribution in [0.4, 0.5) is 0 Å². The Labute approximate surface area is 146 Å². The van der Waals surface area contributed by atoms with Crippen LogP contribution in [-0.2, 0) is 4.79 Å². The molecule has 1 heterocycles. The minimum Gasteiger partial charge on any atom is -0.480 e. The normalized spacial score (nSPS) is 11.6. The van der Waals surface area contributed by atoms with Gasteiger partial charge in [-0.3, -0.25) is 14.8 Å². The number of carbonyl (C=O) groups is 1. The molecule has 0 saturated carbocycles. The highest BCUT2D eigenvalue weighted by Crippen LogP contribution is 2.40. The van der Waals surface area contributed by atoms with Crippen LogP contribution in [0.25, 0.3) is 17.2 Å². The first-order valence-electron chi connectivity index (χ1n) is 7.45. The number of rotatable bonds is 6. The topological polar surface area (TPSA) is 62.5 Å². The van der Waals surface area contributed by atoms with Gasteiger partial charge in [-0.25, -0.2) is 0 Å². The minimum absolute atomic E-state index is 0.818. The van der Waals surface area contributed by atoms with E-state index in [1.165, 1.54) is 11.8 Å². The zero-order valence-electron chi connectivity index (χ0n) is 14.0. The van der Waals surface area contributed by atoms with Crippen molar-refractivity contribution in [2.24, 2.45) is 4.99 Å². The summed E-state index contributed by atoms with van der Waals surface area (Å²) in [6.45, 7) is 7.29. The Bertz CT molecular complexity index is 798. The molecule has 4 nitrogen and oxygen atoms in total. The fourth-order valence-corrected chi connectivity index (χ4v) is 3.34. The Hall–Kier alpha value is -2.40. The highest BCUT2D eigenvalue weighted by molar-refractivity contribution is 8.01.